The van der Waals surface area contributed by atoms with Crippen LogP contribution in [0.5, 0.6) is 0 Å². The van der Waals surface area contributed by atoms with Gasteiger partial charge in [-0.2, -0.15) is 0 Å². The molecule has 1 N–H and O–H groups in total. The fourth-order valence-electron chi connectivity index (χ4n) is 1.60. The van der Waals surface area contributed by atoms with Crippen LogP contribution in [0, 0.1) is 18.3 Å². The number of ether oxygens (including phenoxy) is 1. The van der Waals surface area contributed by atoms with Crippen LogP contribution in [0.2, 0.25) is 0 Å². The highest BCUT2D eigenvalue weighted by Gasteiger charge is 2.33. The van der Waals surface area contributed by atoms with Crippen molar-refractivity contribution in [3.63, 3.8) is 0 Å². The van der Waals surface area contributed by atoms with E-state index in [0.717, 1.165) is 6.42 Å². The summed E-state index contributed by atoms with van der Waals surface area (Å²) in [6.07, 6.45) is 6.74. The smallest absolute Gasteiger partial charge is 0.164 e. The summed E-state index contributed by atoms with van der Waals surface area (Å²) in [6, 6.07) is 0. The topological polar surface area (TPSA) is 29.5 Å². The molecule has 0 aliphatic carbocycles. The molecule has 0 saturated carbocycles. The van der Waals surface area contributed by atoms with Crippen molar-refractivity contribution in [2.45, 2.75) is 38.6 Å². The van der Waals surface area contributed by atoms with Gasteiger partial charge in [0.05, 0.1) is 6.10 Å². The number of hydrogen-bond donors (Lipinski definition) is 1. The van der Waals surface area contributed by atoms with Gasteiger partial charge < -0.3 is 9.84 Å². The van der Waals surface area contributed by atoms with Crippen LogP contribution >= 0.6 is 0 Å². The number of hydrogen-bond acceptors (Lipinski definition) is 2. The third kappa shape index (κ3) is 2.21. The van der Waals surface area contributed by atoms with Gasteiger partial charge in [0, 0.05) is 13.8 Å². The molecule has 0 aromatic heterocycles. The van der Waals surface area contributed by atoms with E-state index in [9.17, 15) is 5.11 Å². The van der Waals surface area contributed by atoms with Gasteiger partial charge in [-0.1, -0.05) is 0 Å². The lowest BCUT2D eigenvalue weighted by molar-refractivity contribution is -0.244. The first-order chi connectivity index (χ1) is 5.03. The van der Waals surface area contributed by atoms with Crippen molar-refractivity contribution >= 4 is 0 Å². The molecule has 0 aromatic rings. The average Bonchev–Trinajstić information content (AvgIpc) is 1.83. The van der Waals surface area contributed by atoms with Crippen molar-refractivity contribution in [2.24, 2.45) is 5.92 Å². The van der Waals surface area contributed by atoms with Crippen LogP contribution in [-0.2, 0) is 4.74 Å². The summed E-state index contributed by atoms with van der Waals surface area (Å²) in [5, 5.41) is 9.53. The Kier molecular flexibility index (Phi) is 2.22. The monoisotopic (exact) mass is 156 g/mol. The lowest BCUT2D eigenvalue weighted by atomic mass is 9.92. The molecule has 64 valence electrons. The van der Waals surface area contributed by atoms with E-state index in [4.69, 9.17) is 11.2 Å². The average molecular weight is 156 g/mol. The maximum absolute atomic E-state index is 9.53. The molecule has 3 atom stereocenters. The normalized spacial score (nSPS) is 44.9. The van der Waals surface area contributed by atoms with E-state index < -0.39 is 5.79 Å². The Morgan fingerprint density at radius 2 is 2.45 bits per heavy atom. The Morgan fingerprint density at radius 1 is 1.82 bits per heavy atom. The van der Waals surface area contributed by atoms with E-state index in [2.05, 4.69) is 5.92 Å². The van der Waals surface area contributed by atoms with Crippen LogP contribution in [0.15, 0.2) is 0 Å². The molecular formula is C9H16O2. The zero-order chi connectivity index (χ0) is 8.48. The van der Waals surface area contributed by atoms with E-state index >= 15 is 0 Å². The summed E-state index contributed by atoms with van der Waals surface area (Å²) in [6.45, 7) is 3.59. The first-order valence-electron chi connectivity index (χ1n) is 3.90. The highest BCUT2D eigenvalue weighted by molar-refractivity contribution is 4.97. The predicted molar refractivity (Wildman–Crippen MR) is 44.8 cm³/mol. The zero-order valence-corrected chi connectivity index (χ0v) is 7.00. The van der Waals surface area contributed by atoms with E-state index in [1.807, 2.05) is 6.92 Å². The molecule has 0 aromatic carbocycles. The van der Waals surface area contributed by atoms with Crippen LogP contribution in [0.3, 0.4) is 0 Å². The van der Waals surface area contributed by atoms with Crippen molar-refractivity contribution in [3.8, 4) is 12.3 Å². The molecule has 1 rings (SSSR count). The van der Waals surface area contributed by atoms with E-state index in [1.54, 1.807) is 6.92 Å². The Balaban J connectivity index is 0.00000121. The van der Waals surface area contributed by atoms with Gasteiger partial charge in [0.15, 0.2) is 5.79 Å². The minimum atomic E-state index is -1.02. The first-order valence-corrected chi connectivity index (χ1v) is 3.90. The van der Waals surface area contributed by atoms with Gasteiger partial charge >= 0.3 is 0 Å². The first kappa shape index (κ1) is 8.58. The van der Waals surface area contributed by atoms with Gasteiger partial charge in [-0.15, -0.1) is 12.3 Å². The number of aliphatic hydroxyl groups is 1. The second kappa shape index (κ2) is 2.84. The fraction of sp³-hybridized carbons (Fsp3) is 0.778. The van der Waals surface area contributed by atoms with Gasteiger partial charge in [-0.25, -0.2) is 0 Å². The molecular weight excluding hydrogens is 140 g/mol. The Labute approximate surface area is 69.0 Å². The standard InChI is InChI=1S/C9H14O2.H2/c1-4-8-5-7(2)11-9(3,10)6-8;/h1,7-8,10H,5-6H2,2-3H3;1H. The highest BCUT2D eigenvalue weighted by Crippen LogP contribution is 2.29. The molecule has 0 bridgehead atoms. The quantitative estimate of drug-likeness (QED) is 0.537. The molecule has 0 radical (unpaired) electrons. The minimum absolute atomic E-state index is 0. The predicted octanol–water partition coefficient (Wildman–Crippen LogP) is 1.39. The van der Waals surface area contributed by atoms with Crippen LogP contribution < -0.4 is 0 Å². The molecule has 1 aliphatic heterocycles. The van der Waals surface area contributed by atoms with E-state index in [-0.39, 0.29) is 13.4 Å². The van der Waals surface area contributed by atoms with Gasteiger partial charge in [-0.05, 0) is 20.3 Å². The van der Waals surface area contributed by atoms with Gasteiger partial charge in [0.2, 0.25) is 0 Å². The van der Waals surface area contributed by atoms with Crippen LogP contribution in [0.4, 0.5) is 0 Å². The van der Waals surface area contributed by atoms with Crippen molar-refractivity contribution in [1.29, 1.82) is 0 Å². The lowest BCUT2D eigenvalue weighted by Gasteiger charge is -2.35. The summed E-state index contributed by atoms with van der Waals surface area (Å²) >= 11 is 0. The number of rotatable bonds is 0. The Bertz CT molecular complexity index is 183. The largest absolute Gasteiger partial charge is 0.366 e. The van der Waals surface area contributed by atoms with Crippen molar-refractivity contribution < 1.29 is 11.3 Å². The van der Waals surface area contributed by atoms with Crippen LogP contribution in [-0.4, -0.2) is 17.0 Å². The molecule has 1 heterocycles. The number of terminal acetylenes is 1. The van der Waals surface area contributed by atoms with Crippen molar-refractivity contribution in [1.82, 2.24) is 0 Å². The third-order valence-electron chi connectivity index (χ3n) is 1.93. The molecule has 2 nitrogen and oxygen atoms in total. The lowest BCUT2D eigenvalue weighted by Crippen LogP contribution is -2.40. The maximum atomic E-state index is 9.53. The zero-order valence-electron chi connectivity index (χ0n) is 7.00. The second-order valence-electron chi connectivity index (χ2n) is 3.41. The summed E-state index contributed by atoms with van der Waals surface area (Å²) in [5.74, 6) is 1.79. The SMILES string of the molecule is C#CC1CC(C)OC(C)(O)C1.[HH]. The summed E-state index contributed by atoms with van der Waals surface area (Å²) < 4.78 is 5.27. The minimum Gasteiger partial charge on any atom is -0.366 e. The van der Waals surface area contributed by atoms with E-state index in [0.29, 0.717) is 6.42 Å². The van der Waals surface area contributed by atoms with Crippen LogP contribution in [0.1, 0.15) is 28.1 Å². The molecule has 1 aliphatic rings. The van der Waals surface area contributed by atoms with Gasteiger partial charge in [0.25, 0.3) is 0 Å². The van der Waals surface area contributed by atoms with Gasteiger partial charge in [0.1, 0.15) is 0 Å². The second-order valence-corrected chi connectivity index (χ2v) is 3.41. The fourth-order valence-corrected chi connectivity index (χ4v) is 1.60. The molecule has 11 heavy (non-hydrogen) atoms. The van der Waals surface area contributed by atoms with Crippen LogP contribution in [0.25, 0.3) is 0 Å². The maximum Gasteiger partial charge on any atom is 0.164 e. The molecule has 1 fully saturated rings. The molecule has 2 heteroatoms. The van der Waals surface area contributed by atoms with Crippen molar-refractivity contribution in [2.75, 3.05) is 0 Å². The Morgan fingerprint density at radius 3 is 2.91 bits per heavy atom. The third-order valence-corrected chi connectivity index (χ3v) is 1.93. The molecule has 0 amide bonds. The highest BCUT2D eigenvalue weighted by atomic mass is 16.6. The summed E-state index contributed by atoms with van der Waals surface area (Å²) in [5.41, 5.74) is 0. The summed E-state index contributed by atoms with van der Waals surface area (Å²) in [7, 11) is 0. The van der Waals surface area contributed by atoms with Crippen molar-refractivity contribution in [3.05, 3.63) is 0 Å². The van der Waals surface area contributed by atoms with E-state index in [1.165, 1.54) is 0 Å². The van der Waals surface area contributed by atoms with Gasteiger partial charge in [-0.3, -0.25) is 0 Å². The Hall–Kier alpha value is -0.520. The molecule has 0 spiro atoms. The molecule has 1 saturated heterocycles. The summed E-state index contributed by atoms with van der Waals surface area (Å²) in [4.78, 5) is 0. The molecule has 3 unspecified atom stereocenters.